The highest BCUT2D eigenvalue weighted by molar-refractivity contribution is 5.79. The van der Waals surface area contributed by atoms with Crippen molar-refractivity contribution < 1.29 is 4.92 Å². The molecule has 1 rings (SSSR count). The van der Waals surface area contributed by atoms with Crippen molar-refractivity contribution in [3.63, 3.8) is 0 Å². The van der Waals surface area contributed by atoms with E-state index in [9.17, 15) is 10.1 Å². The summed E-state index contributed by atoms with van der Waals surface area (Å²) in [6.07, 6.45) is 20.9. The Balaban J connectivity index is 1.87. The van der Waals surface area contributed by atoms with Gasteiger partial charge in [-0.2, -0.15) is 0 Å². The van der Waals surface area contributed by atoms with Crippen LogP contribution in [0.2, 0.25) is 0 Å². The number of rotatable bonds is 17. The van der Waals surface area contributed by atoms with Gasteiger partial charge in [-0.05, 0) is 24.1 Å². The number of nitrogens with zero attached hydrogens (tertiary/aromatic N) is 2. The number of nitro groups is 1. The van der Waals surface area contributed by atoms with Gasteiger partial charge in [0.25, 0.3) is 5.69 Å². The van der Waals surface area contributed by atoms with Gasteiger partial charge in [0.1, 0.15) is 0 Å². The zero-order valence-electron chi connectivity index (χ0n) is 17.2. The maximum atomic E-state index is 10.6. The van der Waals surface area contributed by atoms with Gasteiger partial charge in [-0.25, -0.2) is 0 Å². The van der Waals surface area contributed by atoms with Gasteiger partial charge < -0.3 is 0 Å². The third-order valence-corrected chi connectivity index (χ3v) is 4.99. The first-order chi connectivity index (χ1) is 13.2. The average molecular weight is 375 g/mol. The van der Waals surface area contributed by atoms with E-state index in [1.807, 2.05) is 6.21 Å². The Morgan fingerprint density at radius 2 is 1.22 bits per heavy atom. The highest BCUT2D eigenvalue weighted by atomic mass is 16.6. The summed E-state index contributed by atoms with van der Waals surface area (Å²) in [5, 5.41) is 10.6. The molecule has 0 aromatic heterocycles. The third-order valence-electron chi connectivity index (χ3n) is 4.99. The summed E-state index contributed by atoms with van der Waals surface area (Å²) in [5.41, 5.74) is 1.05. The molecule has 0 amide bonds. The molecule has 4 heteroatoms. The molecule has 0 atom stereocenters. The zero-order chi connectivity index (χ0) is 19.6. The lowest BCUT2D eigenvalue weighted by atomic mass is 10.0. The van der Waals surface area contributed by atoms with Crippen LogP contribution in [0, 0.1) is 10.1 Å². The van der Waals surface area contributed by atoms with Gasteiger partial charge in [0.05, 0.1) is 4.92 Å². The van der Waals surface area contributed by atoms with E-state index in [0.29, 0.717) is 0 Å². The molecule has 0 radical (unpaired) electrons. The summed E-state index contributed by atoms with van der Waals surface area (Å²) < 4.78 is 0. The molecular weight excluding hydrogens is 336 g/mol. The van der Waals surface area contributed by atoms with E-state index in [2.05, 4.69) is 11.9 Å². The quantitative estimate of drug-likeness (QED) is 0.123. The van der Waals surface area contributed by atoms with Crippen LogP contribution in [0.4, 0.5) is 5.69 Å². The van der Waals surface area contributed by atoms with Crippen molar-refractivity contribution in [3.05, 3.63) is 39.9 Å². The highest BCUT2D eigenvalue weighted by Crippen LogP contribution is 2.13. The number of hydrogen-bond donors (Lipinski definition) is 0. The molecule has 1 aromatic rings. The SMILES string of the molecule is CCCCCCCCCCCCCCCCN=Cc1ccc([N+](=O)[O-])cc1. The second-order valence-corrected chi connectivity index (χ2v) is 7.48. The van der Waals surface area contributed by atoms with Crippen LogP contribution in [-0.2, 0) is 0 Å². The molecule has 0 heterocycles. The van der Waals surface area contributed by atoms with Crippen LogP contribution in [0.15, 0.2) is 29.3 Å². The van der Waals surface area contributed by atoms with Crippen molar-refractivity contribution in [2.45, 2.75) is 96.8 Å². The van der Waals surface area contributed by atoms with Gasteiger partial charge in [0, 0.05) is 24.9 Å². The molecule has 0 unspecified atom stereocenters. The summed E-state index contributed by atoms with van der Waals surface area (Å²) >= 11 is 0. The van der Waals surface area contributed by atoms with E-state index in [1.54, 1.807) is 12.1 Å². The second-order valence-electron chi connectivity index (χ2n) is 7.48. The average Bonchev–Trinajstić information content (AvgIpc) is 2.68. The van der Waals surface area contributed by atoms with E-state index < -0.39 is 0 Å². The first kappa shape index (κ1) is 23.3. The third kappa shape index (κ3) is 13.2. The predicted octanol–water partition coefficient (Wildman–Crippen LogP) is 7.50. The van der Waals surface area contributed by atoms with Gasteiger partial charge in [-0.1, -0.05) is 90.4 Å². The lowest BCUT2D eigenvalue weighted by Gasteiger charge is -2.02. The predicted molar refractivity (Wildman–Crippen MR) is 116 cm³/mol. The fourth-order valence-corrected chi connectivity index (χ4v) is 3.25. The minimum absolute atomic E-state index is 0.124. The van der Waals surface area contributed by atoms with E-state index in [-0.39, 0.29) is 10.6 Å². The number of benzene rings is 1. The van der Waals surface area contributed by atoms with Crippen LogP contribution < -0.4 is 0 Å². The fourth-order valence-electron chi connectivity index (χ4n) is 3.25. The molecule has 0 saturated carbocycles. The molecule has 0 spiro atoms. The minimum atomic E-state index is -0.379. The molecule has 0 N–H and O–H groups in total. The Hall–Kier alpha value is -1.71. The highest BCUT2D eigenvalue weighted by Gasteiger charge is 2.02. The Kier molecular flexibility index (Phi) is 14.2. The van der Waals surface area contributed by atoms with Gasteiger partial charge in [0.15, 0.2) is 0 Å². The van der Waals surface area contributed by atoms with Gasteiger partial charge in [0.2, 0.25) is 0 Å². The Bertz CT molecular complexity index is 512. The first-order valence-electron chi connectivity index (χ1n) is 11.0. The molecule has 0 fully saturated rings. The van der Waals surface area contributed by atoms with Crippen molar-refractivity contribution in [2.24, 2.45) is 4.99 Å². The second kappa shape index (κ2) is 16.5. The number of unbranched alkanes of at least 4 members (excludes halogenated alkanes) is 13. The van der Waals surface area contributed by atoms with Crippen LogP contribution >= 0.6 is 0 Å². The van der Waals surface area contributed by atoms with E-state index >= 15 is 0 Å². The van der Waals surface area contributed by atoms with E-state index in [4.69, 9.17) is 0 Å². The Labute approximate surface area is 165 Å². The minimum Gasteiger partial charge on any atom is -0.293 e. The molecule has 0 aliphatic heterocycles. The standard InChI is InChI=1S/C23H38N2O2/c1-2-3-4-5-6-7-8-9-10-11-12-13-14-15-20-24-21-22-16-18-23(19-17-22)25(26)27/h16-19,21H,2-15,20H2,1H3. The van der Waals surface area contributed by atoms with Crippen LogP contribution in [0.1, 0.15) is 102 Å². The van der Waals surface area contributed by atoms with Gasteiger partial charge in [-0.3, -0.25) is 15.1 Å². The summed E-state index contributed by atoms with van der Waals surface area (Å²) in [6, 6.07) is 6.53. The molecule has 152 valence electrons. The van der Waals surface area contributed by atoms with Gasteiger partial charge in [-0.15, -0.1) is 0 Å². The molecule has 0 aliphatic rings. The molecular formula is C23H38N2O2. The maximum absolute atomic E-state index is 10.6. The normalized spacial score (nSPS) is 11.3. The molecule has 27 heavy (non-hydrogen) atoms. The summed E-state index contributed by atoms with van der Waals surface area (Å²) in [6.45, 7) is 3.12. The van der Waals surface area contributed by atoms with Crippen LogP contribution in [-0.4, -0.2) is 17.7 Å². The molecule has 0 aliphatic carbocycles. The van der Waals surface area contributed by atoms with Crippen molar-refractivity contribution in [2.75, 3.05) is 6.54 Å². The summed E-state index contributed by atoms with van der Waals surface area (Å²) in [5.74, 6) is 0. The van der Waals surface area contributed by atoms with Crippen molar-refractivity contribution in [3.8, 4) is 0 Å². The van der Waals surface area contributed by atoms with Crippen molar-refractivity contribution >= 4 is 11.9 Å². The smallest absolute Gasteiger partial charge is 0.269 e. The van der Waals surface area contributed by atoms with Crippen LogP contribution in [0.3, 0.4) is 0 Å². The summed E-state index contributed by atoms with van der Waals surface area (Å²) in [7, 11) is 0. The van der Waals surface area contributed by atoms with Crippen LogP contribution in [0.5, 0.6) is 0 Å². The molecule has 0 saturated heterocycles. The van der Waals surface area contributed by atoms with E-state index in [0.717, 1.165) is 18.5 Å². The topological polar surface area (TPSA) is 55.5 Å². The Morgan fingerprint density at radius 1 is 0.778 bits per heavy atom. The maximum Gasteiger partial charge on any atom is 0.269 e. The molecule has 1 aromatic carbocycles. The zero-order valence-corrected chi connectivity index (χ0v) is 17.2. The van der Waals surface area contributed by atoms with Crippen molar-refractivity contribution in [1.82, 2.24) is 0 Å². The lowest BCUT2D eigenvalue weighted by molar-refractivity contribution is -0.384. The lowest BCUT2D eigenvalue weighted by Crippen LogP contribution is -1.89. The largest absolute Gasteiger partial charge is 0.293 e. The number of hydrogen-bond acceptors (Lipinski definition) is 3. The van der Waals surface area contributed by atoms with Gasteiger partial charge >= 0.3 is 0 Å². The number of non-ortho nitro benzene ring substituents is 1. The van der Waals surface area contributed by atoms with E-state index in [1.165, 1.54) is 95.6 Å². The molecule has 0 bridgehead atoms. The molecule has 4 nitrogen and oxygen atoms in total. The monoisotopic (exact) mass is 374 g/mol. The Morgan fingerprint density at radius 3 is 1.67 bits per heavy atom. The van der Waals surface area contributed by atoms with Crippen LogP contribution in [0.25, 0.3) is 0 Å². The number of nitro benzene ring substituents is 1. The fraction of sp³-hybridized carbons (Fsp3) is 0.696. The first-order valence-corrected chi connectivity index (χ1v) is 11.0. The summed E-state index contributed by atoms with van der Waals surface area (Å²) in [4.78, 5) is 14.6. The number of aliphatic imine (C=N–C) groups is 1. The van der Waals surface area contributed by atoms with Crippen molar-refractivity contribution in [1.29, 1.82) is 0 Å².